The predicted octanol–water partition coefficient (Wildman–Crippen LogP) is 7.77. The van der Waals surface area contributed by atoms with Crippen LogP contribution in [-0.2, 0) is 14.3 Å². The molecule has 0 saturated heterocycles. The molecule has 0 bridgehead atoms. The molecule has 2 aromatic carbocycles. The van der Waals surface area contributed by atoms with Crippen molar-refractivity contribution in [2.45, 2.75) is 91.1 Å². The van der Waals surface area contributed by atoms with Crippen molar-refractivity contribution in [1.82, 2.24) is 9.97 Å². The molecule has 1 aromatic heterocycles. The number of carbonyl (C=O) groups excluding carboxylic acids is 3. The first-order valence-electron chi connectivity index (χ1n) is 15.7. The second kappa shape index (κ2) is 19.1. The quantitative estimate of drug-likeness (QED) is 0.0769. The SMILES string of the molecule is CCCCCCCCCCCCOc1cnc(-c2ccc(C(=O)Oc3ccc(C(=O)O[C@@H](C)C(=O)OCC)cc3)cc2)cn1. The van der Waals surface area contributed by atoms with Crippen LogP contribution in [0.1, 0.15) is 106 Å². The molecule has 0 aliphatic rings. The highest BCUT2D eigenvalue weighted by Crippen LogP contribution is 2.20. The van der Waals surface area contributed by atoms with Crippen molar-refractivity contribution < 1.29 is 33.3 Å². The van der Waals surface area contributed by atoms with E-state index in [0.717, 1.165) is 18.4 Å². The third-order valence-corrected chi connectivity index (χ3v) is 7.00. The van der Waals surface area contributed by atoms with E-state index in [0.29, 0.717) is 23.7 Å². The van der Waals surface area contributed by atoms with Gasteiger partial charge in [0.2, 0.25) is 5.88 Å². The lowest BCUT2D eigenvalue weighted by Gasteiger charge is -2.12. The van der Waals surface area contributed by atoms with Crippen LogP contribution < -0.4 is 9.47 Å². The van der Waals surface area contributed by atoms with Crippen LogP contribution in [0.4, 0.5) is 0 Å². The van der Waals surface area contributed by atoms with Crippen molar-refractivity contribution in [2.75, 3.05) is 13.2 Å². The summed E-state index contributed by atoms with van der Waals surface area (Å²) in [5.74, 6) is -1.10. The van der Waals surface area contributed by atoms with E-state index in [1.807, 2.05) is 0 Å². The molecule has 3 rings (SSSR count). The minimum Gasteiger partial charge on any atom is -0.477 e. The Morgan fingerprint density at radius 3 is 1.89 bits per heavy atom. The summed E-state index contributed by atoms with van der Waals surface area (Å²) in [6.07, 6.45) is 15.0. The van der Waals surface area contributed by atoms with Gasteiger partial charge in [-0.25, -0.2) is 24.4 Å². The lowest BCUT2D eigenvalue weighted by atomic mass is 10.1. The average Bonchev–Trinajstić information content (AvgIpc) is 3.04. The van der Waals surface area contributed by atoms with Gasteiger partial charge in [0, 0.05) is 5.56 Å². The number of hydrogen-bond donors (Lipinski definition) is 0. The van der Waals surface area contributed by atoms with Crippen LogP contribution in [0.3, 0.4) is 0 Å². The summed E-state index contributed by atoms with van der Waals surface area (Å²) in [6.45, 7) is 6.18. The van der Waals surface area contributed by atoms with Gasteiger partial charge in [0.15, 0.2) is 6.10 Å². The Kier molecular flexibility index (Phi) is 14.9. The fourth-order valence-corrected chi connectivity index (χ4v) is 4.44. The normalized spacial score (nSPS) is 11.4. The number of carbonyl (C=O) groups is 3. The van der Waals surface area contributed by atoms with E-state index < -0.39 is 24.0 Å². The molecule has 0 amide bonds. The summed E-state index contributed by atoms with van der Waals surface area (Å²) >= 11 is 0. The van der Waals surface area contributed by atoms with Gasteiger partial charge in [-0.2, -0.15) is 0 Å². The minimum atomic E-state index is -1.03. The molecule has 0 aliphatic carbocycles. The van der Waals surface area contributed by atoms with Gasteiger partial charge in [-0.15, -0.1) is 0 Å². The van der Waals surface area contributed by atoms with Crippen LogP contribution in [0.25, 0.3) is 11.3 Å². The maximum absolute atomic E-state index is 12.6. The molecule has 1 atom stereocenters. The molecule has 44 heavy (non-hydrogen) atoms. The molecule has 0 radical (unpaired) electrons. The number of aromatic nitrogens is 2. The van der Waals surface area contributed by atoms with E-state index in [1.165, 1.54) is 82.6 Å². The van der Waals surface area contributed by atoms with Crippen molar-refractivity contribution in [3.8, 4) is 22.9 Å². The highest BCUT2D eigenvalue weighted by atomic mass is 16.6. The van der Waals surface area contributed by atoms with Gasteiger partial charge >= 0.3 is 17.9 Å². The van der Waals surface area contributed by atoms with Gasteiger partial charge in [-0.3, -0.25) is 0 Å². The lowest BCUT2D eigenvalue weighted by Crippen LogP contribution is -2.26. The molecular weight excluding hydrogens is 560 g/mol. The van der Waals surface area contributed by atoms with Crippen LogP contribution in [0.2, 0.25) is 0 Å². The molecule has 0 saturated carbocycles. The average molecular weight is 605 g/mol. The van der Waals surface area contributed by atoms with Gasteiger partial charge in [-0.1, -0.05) is 76.8 Å². The summed E-state index contributed by atoms with van der Waals surface area (Å²) in [5, 5.41) is 0. The monoisotopic (exact) mass is 604 g/mol. The number of nitrogens with zero attached hydrogens (tertiary/aromatic N) is 2. The minimum absolute atomic E-state index is 0.194. The first-order chi connectivity index (χ1) is 21.4. The molecular formula is C35H44N2O7. The van der Waals surface area contributed by atoms with Crippen LogP contribution >= 0.6 is 0 Å². The number of unbranched alkanes of at least 4 members (excludes halogenated alkanes) is 9. The Balaban J connectivity index is 1.39. The summed E-state index contributed by atoms with van der Waals surface area (Å²) in [4.78, 5) is 45.4. The molecule has 236 valence electrons. The Morgan fingerprint density at radius 2 is 1.30 bits per heavy atom. The van der Waals surface area contributed by atoms with E-state index in [1.54, 1.807) is 43.6 Å². The van der Waals surface area contributed by atoms with E-state index in [2.05, 4.69) is 16.9 Å². The fraction of sp³-hybridized carbons (Fsp3) is 0.457. The third kappa shape index (κ3) is 11.8. The second-order valence-corrected chi connectivity index (χ2v) is 10.6. The summed E-state index contributed by atoms with van der Waals surface area (Å²) in [7, 11) is 0. The maximum Gasteiger partial charge on any atom is 0.347 e. The van der Waals surface area contributed by atoms with Crippen molar-refractivity contribution in [3.63, 3.8) is 0 Å². The van der Waals surface area contributed by atoms with Gasteiger partial charge in [0.05, 0.1) is 42.4 Å². The lowest BCUT2D eigenvalue weighted by molar-refractivity contribution is -0.152. The van der Waals surface area contributed by atoms with Crippen LogP contribution in [-0.4, -0.2) is 47.2 Å². The van der Waals surface area contributed by atoms with E-state index >= 15 is 0 Å². The zero-order chi connectivity index (χ0) is 31.6. The summed E-state index contributed by atoms with van der Waals surface area (Å²) in [5.41, 5.74) is 2.03. The van der Waals surface area contributed by atoms with E-state index in [4.69, 9.17) is 18.9 Å². The highest BCUT2D eigenvalue weighted by molar-refractivity contribution is 5.93. The molecule has 9 heteroatoms. The standard InChI is InChI=1S/C35H44N2O7/c1-4-6-7-8-9-10-11-12-13-14-23-42-32-25-36-31(24-37-32)27-15-17-28(18-16-27)35(40)44-30-21-19-29(20-22-30)34(39)43-26(3)33(38)41-5-2/h15-22,24-26H,4-14,23H2,1-3H3/t26-/m0/s1. The summed E-state index contributed by atoms with van der Waals surface area (Å²) in [6, 6.07) is 12.7. The highest BCUT2D eigenvalue weighted by Gasteiger charge is 2.20. The third-order valence-electron chi connectivity index (χ3n) is 7.00. The van der Waals surface area contributed by atoms with Crippen LogP contribution in [0.15, 0.2) is 60.9 Å². The molecule has 0 N–H and O–H groups in total. The molecule has 0 spiro atoms. The predicted molar refractivity (Wildman–Crippen MR) is 168 cm³/mol. The zero-order valence-corrected chi connectivity index (χ0v) is 26.1. The van der Waals surface area contributed by atoms with Crippen molar-refractivity contribution in [1.29, 1.82) is 0 Å². The number of hydrogen-bond acceptors (Lipinski definition) is 9. The summed E-state index contributed by atoms with van der Waals surface area (Å²) < 4.78 is 21.1. The van der Waals surface area contributed by atoms with Crippen molar-refractivity contribution in [2.24, 2.45) is 0 Å². The molecule has 0 aliphatic heterocycles. The van der Waals surface area contributed by atoms with Gasteiger partial charge in [0.25, 0.3) is 0 Å². The molecule has 9 nitrogen and oxygen atoms in total. The Labute approximate surface area is 260 Å². The maximum atomic E-state index is 12.6. The number of rotatable bonds is 19. The smallest absolute Gasteiger partial charge is 0.347 e. The molecule has 1 heterocycles. The first kappa shape index (κ1) is 34.2. The molecule has 3 aromatic rings. The molecule has 0 fully saturated rings. The number of ether oxygens (including phenoxy) is 4. The van der Waals surface area contributed by atoms with Crippen molar-refractivity contribution >= 4 is 17.9 Å². The zero-order valence-electron chi connectivity index (χ0n) is 26.1. The molecule has 0 unspecified atom stereocenters. The van der Waals surface area contributed by atoms with E-state index in [9.17, 15) is 14.4 Å². The second-order valence-electron chi connectivity index (χ2n) is 10.6. The Hall–Kier alpha value is -4.27. The Morgan fingerprint density at radius 1 is 0.705 bits per heavy atom. The number of esters is 3. The fourth-order valence-electron chi connectivity index (χ4n) is 4.44. The van der Waals surface area contributed by atoms with Gasteiger partial charge < -0.3 is 18.9 Å². The van der Waals surface area contributed by atoms with E-state index in [-0.39, 0.29) is 17.9 Å². The van der Waals surface area contributed by atoms with Crippen LogP contribution in [0.5, 0.6) is 11.6 Å². The largest absolute Gasteiger partial charge is 0.477 e. The number of benzene rings is 2. The van der Waals surface area contributed by atoms with Gasteiger partial charge in [0.1, 0.15) is 5.75 Å². The Bertz CT molecular complexity index is 1290. The topological polar surface area (TPSA) is 114 Å². The first-order valence-corrected chi connectivity index (χ1v) is 15.7. The van der Waals surface area contributed by atoms with Gasteiger partial charge in [-0.05, 0) is 56.7 Å². The van der Waals surface area contributed by atoms with Crippen molar-refractivity contribution in [3.05, 3.63) is 72.1 Å². The van der Waals surface area contributed by atoms with Crippen LogP contribution in [0, 0.1) is 0 Å².